The number of thiophene rings is 1. The van der Waals surface area contributed by atoms with Gasteiger partial charge in [-0.15, -0.1) is 35.3 Å². The molecule has 5 nitrogen and oxygen atoms in total. The third kappa shape index (κ3) is 6.62. The molecule has 144 valence electrons. The zero-order chi connectivity index (χ0) is 18.2. The van der Waals surface area contributed by atoms with E-state index in [0.29, 0.717) is 18.0 Å². The highest BCUT2D eigenvalue weighted by molar-refractivity contribution is 14.0. The summed E-state index contributed by atoms with van der Waals surface area (Å²) in [7, 11) is 3.26. The monoisotopic (exact) mass is 553 g/mol. The standard InChI is InChI=1S/C18H24BrN3O2S.HI/c1-5-20-18(22-11-14-7-6-12(2)25-14)21-10-13-8-15(19)17(24-4)16(9-13)23-3;/h6-9H,5,10-11H2,1-4H3,(H2,20,21,22);1H. The predicted octanol–water partition coefficient (Wildman–Crippen LogP) is 4.71. The van der Waals surface area contributed by atoms with E-state index in [1.807, 2.05) is 12.1 Å². The van der Waals surface area contributed by atoms with Crippen molar-refractivity contribution in [2.24, 2.45) is 4.99 Å². The fourth-order valence-corrected chi connectivity index (χ4v) is 3.81. The van der Waals surface area contributed by atoms with Crippen LogP contribution >= 0.6 is 51.2 Å². The van der Waals surface area contributed by atoms with Crippen LogP contribution in [0.25, 0.3) is 0 Å². The normalized spacial score (nSPS) is 10.9. The van der Waals surface area contributed by atoms with Gasteiger partial charge in [0, 0.05) is 16.3 Å². The molecule has 0 aliphatic carbocycles. The minimum Gasteiger partial charge on any atom is -0.493 e. The van der Waals surface area contributed by atoms with Gasteiger partial charge in [0.15, 0.2) is 17.5 Å². The molecule has 0 saturated heterocycles. The van der Waals surface area contributed by atoms with Crippen molar-refractivity contribution < 1.29 is 9.47 Å². The summed E-state index contributed by atoms with van der Waals surface area (Å²) in [5.41, 5.74) is 1.04. The van der Waals surface area contributed by atoms with Crippen LogP contribution in [0.4, 0.5) is 0 Å². The van der Waals surface area contributed by atoms with Gasteiger partial charge in [0.1, 0.15) is 0 Å². The molecule has 2 rings (SSSR count). The molecule has 0 radical (unpaired) electrons. The van der Waals surface area contributed by atoms with Gasteiger partial charge in [-0.05, 0) is 59.6 Å². The van der Waals surface area contributed by atoms with Crippen molar-refractivity contribution in [3.05, 3.63) is 44.1 Å². The van der Waals surface area contributed by atoms with Crippen molar-refractivity contribution in [2.75, 3.05) is 20.8 Å². The number of nitrogens with one attached hydrogen (secondary N) is 2. The Bertz CT molecular complexity index is 737. The maximum atomic E-state index is 5.39. The molecule has 2 N–H and O–H groups in total. The van der Waals surface area contributed by atoms with E-state index in [2.05, 4.69) is 57.5 Å². The van der Waals surface area contributed by atoms with Gasteiger partial charge in [-0.2, -0.15) is 0 Å². The fourth-order valence-electron chi connectivity index (χ4n) is 2.33. The molecule has 0 saturated carbocycles. The van der Waals surface area contributed by atoms with Gasteiger partial charge in [0.25, 0.3) is 0 Å². The summed E-state index contributed by atoms with van der Waals surface area (Å²) >= 11 is 5.31. The number of halogens is 2. The molecule has 0 unspecified atom stereocenters. The number of aliphatic imine (C=N–C) groups is 1. The van der Waals surface area contributed by atoms with Gasteiger partial charge in [0.2, 0.25) is 0 Å². The zero-order valence-corrected chi connectivity index (χ0v) is 20.1. The Morgan fingerprint density at radius 3 is 2.54 bits per heavy atom. The van der Waals surface area contributed by atoms with Crippen LogP contribution < -0.4 is 20.1 Å². The molecule has 2 aromatic rings. The van der Waals surface area contributed by atoms with E-state index in [-0.39, 0.29) is 24.0 Å². The van der Waals surface area contributed by atoms with E-state index in [1.165, 1.54) is 9.75 Å². The zero-order valence-electron chi connectivity index (χ0n) is 15.4. The summed E-state index contributed by atoms with van der Waals surface area (Å²) < 4.78 is 11.6. The van der Waals surface area contributed by atoms with Crippen LogP contribution in [-0.4, -0.2) is 26.7 Å². The molecule has 0 aliphatic heterocycles. The van der Waals surface area contributed by atoms with Crippen LogP contribution in [-0.2, 0) is 13.1 Å². The Kier molecular flexibility index (Phi) is 10.3. The summed E-state index contributed by atoms with van der Waals surface area (Å²) in [6, 6.07) is 8.21. The highest BCUT2D eigenvalue weighted by atomic mass is 127. The first-order valence-electron chi connectivity index (χ1n) is 8.05. The smallest absolute Gasteiger partial charge is 0.191 e. The Balaban J connectivity index is 0.00000338. The molecule has 26 heavy (non-hydrogen) atoms. The number of nitrogens with zero attached hydrogens (tertiary/aromatic N) is 1. The van der Waals surface area contributed by atoms with Gasteiger partial charge in [-0.3, -0.25) is 0 Å². The van der Waals surface area contributed by atoms with Crippen molar-refractivity contribution in [3.8, 4) is 11.5 Å². The van der Waals surface area contributed by atoms with E-state index < -0.39 is 0 Å². The number of aryl methyl sites for hydroxylation is 1. The van der Waals surface area contributed by atoms with Crippen LogP contribution in [0.3, 0.4) is 0 Å². The molecule has 0 atom stereocenters. The first-order valence-corrected chi connectivity index (χ1v) is 9.66. The second-order valence-electron chi connectivity index (χ2n) is 5.37. The lowest BCUT2D eigenvalue weighted by Gasteiger charge is -2.13. The summed E-state index contributed by atoms with van der Waals surface area (Å²) in [6.07, 6.45) is 0. The second kappa shape index (κ2) is 11.7. The van der Waals surface area contributed by atoms with E-state index >= 15 is 0 Å². The number of methoxy groups -OCH3 is 2. The number of benzene rings is 1. The molecule has 8 heteroatoms. The van der Waals surface area contributed by atoms with E-state index in [1.54, 1.807) is 25.6 Å². The Morgan fingerprint density at radius 2 is 1.96 bits per heavy atom. The van der Waals surface area contributed by atoms with E-state index in [4.69, 9.17) is 9.47 Å². The quantitative estimate of drug-likeness (QED) is 0.296. The third-order valence-electron chi connectivity index (χ3n) is 3.48. The molecule has 0 amide bonds. The lowest BCUT2D eigenvalue weighted by molar-refractivity contribution is 0.352. The largest absolute Gasteiger partial charge is 0.493 e. The number of guanidine groups is 1. The summed E-state index contributed by atoms with van der Waals surface area (Å²) in [5.74, 6) is 2.17. The topological polar surface area (TPSA) is 54.9 Å². The molecular formula is C18H25BrIN3O2S. The fraction of sp³-hybridized carbons (Fsp3) is 0.389. The predicted molar refractivity (Wildman–Crippen MR) is 123 cm³/mol. The van der Waals surface area contributed by atoms with Crippen LogP contribution in [0.15, 0.2) is 33.7 Å². The first-order chi connectivity index (χ1) is 12.1. The third-order valence-corrected chi connectivity index (χ3v) is 5.07. The van der Waals surface area contributed by atoms with E-state index in [0.717, 1.165) is 29.1 Å². The molecule has 1 aromatic carbocycles. The average Bonchev–Trinajstić information content (AvgIpc) is 3.02. The highest BCUT2D eigenvalue weighted by Crippen LogP contribution is 2.36. The van der Waals surface area contributed by atoms with Gasteiger partial charge in [-0.1, -0.05) is 0 Å². The molecule has 1 aromatic heterocycles. The van der Waals surface area contributed by atoms with Crippen molar-refractivity contribution in [3.63, 3.8) is 0 Å². The number of ether oxygens (including phenoxy) is 2. The molecule has 0 aliphatic rings. The summed E-state index contributed by atoms with van der Waals surface area (Å²) in [6.45, 7) is 6.28. The Labute approximate surface area is 184 Å². The van der Waals surface area contributed by atoms with Crippen molar-refractivity contribution in [1.29, 1.82) is 0 Å². The molecule has 0 spiro atoms. The van der Waals surface area contributed by atoms with E-state index in [9.17, 15) is 0 Å². The average molecular weight is 554 g/mol. The van der Waals surface area contributed by atoms with Gasteiger partial charge >= 0.3 is 0 Å². The lowest BCUT2D eigenvalue weighted by Crippen LogP contribution is -2.36. The maximum absolute atomic E-state index is 5.39. The maximum Gasteiger partial charge on any atom is 0.191 e. The van der Waals surface area contributed by atoms with Crippen molar-refractivity contribution in [2.45, 2.75) is 26.9 Å². The van der Waals surface area contributed by atoms with Crippen LogP contribution in [0.1, 0.15) is 22.2 Å². The molecule has 0 bridgehead atoms. The second-order valence-corrected chi connectivity index (χ2v) is 7.60. The summed E-state index contributed by atoms with van der Waals surface area (Å²) in [4.78, 5) is 7.26. The van der Waals surface area contributed by atoms with Gasteiger partial charge in [0.05, 0.1) is 31.8 Å². The van der Waals surface area contributed by atoms with Crippen molar-refractivity contribution in [1.82, 2.24) is 10.6 Å². The number of hydrogen-bond acceptors (Lipinski definition) is 4. The molecule has 1 heterocycles. The molecule has 0 fully saturated rings. The number of hydrogen-bond donors (Lipinski definition) is 2. The number of rotatable bonds is 7. The van der Waals surface area contributed by atoms with Crippen LogP contribution in [0.5, 0.6) is 11.5 Å². The van der Waals surface area contributed by atoms with Crippen LogP contribution in [0, 0.1) is 6.92 Å². The minimum absolute atomic E-state index is 0. The first kappa shape index (κ1) is 23.0. The molecular weight excluding hydrogens is 529 g/mol. The SMILES string of the molecule is CCNC(=NCc1cc(Br)c(OC)c(OC)c1)NCc1ccc(C)s1.I. The van der Waals surface area contributed by atoms with Crippen LogP contribution in [0.2, 0.25) is 0 Å². The van der Waals surface area contributed by atoms with Crippen molar-refractivity contribution >= 4 is 57.2 Å². The lowest BCUT2D eigenvalue weighted by atomic mass is 10.2. The minimum atomic E-state index is 0. The summed E-state index contributed by atoms with van der Waals surface area (Å²) in [5, 5.41) is 6.64. The Morgan fingerprint density at radius 1 is 1.19 bits per heavy atom. The highest BCUT2D eigenvalue weighted by Gasteiger charge is 2.10. The van der Waals surface area contributed by atoms with Gasteiger partial charge < -0.3 is 20.1 Å². The Hall–Kier alpha value is -1.000. The van der Waals surface area contributed by atoms with Gasteiger partial charge in [-0.25, -0.2) is 4.99 Å².